The van der Waals surface area contributed by atoms with Crippen molar-refractivity contribution in [1.82, 2.24) is 0 Å². The number of nitriles is 1. The summed E-state index contributed by atoms with van der Waals surface area (Å²) in [6.07, 6.45) is 0. The molecule has 0 radical (unpaired) electrons. The van der Waals surface area contributed by atoms with Crippen LogP contribution in [0.15, 0.2) is 16.5 Å². The fourth-order valence-corrected chi connectivity index (χ4v) is 1.96. The van der Waals surface area contributed by atoms with Gasteiger partial charge in [0.25, 0.3) is 5.91 Å². The molecule has 0 saturated carbocycles. The molecule has 0 unspecified atom stereocenters. The number of aryl methyl sites for hydroxylation is 1. The van der Waals surface area contributed by atoms with Crippen LogP contribution in [0.3, 0.4) is 0 Å². The number of esters is 1. The van der Waals surface area contributed by atoms with E-state index in [0.29, 0.717) is 6.07 Å². The van der Waals surface area contributed by atoms with E-state index in [1.807, 2.05) is 5.32 Å². The monoisotopic (exact) mass is 338 g/mol. The number of halogens is 3. The lowest BCUT2D eigenvalue weighted by Crippen LogP contribution is -2.15. The highest BCUT2D eigenvalue weighted by molar-refractivity contribution is 6.05. The van der Waals surface area contributed by atoms with Gasteiger partial charge in [-0.15, -0.1) is 0 Å². The summed E-state index contributed by atoms with van der Waals surface area (Å²) >= 11 is 0. The molecule has 2 rings (SSSR count). The van der Waals surface area contributed by atoms with Crippen molar-refractivity contribution in [2.24, 2.45) is 0 Å². The third-order valence-corrected chi connectivity index (χ3v) is 3.09. The molecule has 0 spiro atoms. The minimum absolute atomic E-state index is 0.0144. The Bertz CT molecular complexity index is 884. The van der Waals surface area contributed by atoms with E-state index in [4.69, 9.17) is 9.68 Å². The first-order valence-electron chi connectivity index (χ1n) is 6.38. The Morgan fingerprint density at radius 1 is 1.25 bits per heavy atom. The number of rotatable bonds is 3. The fourth-order valence-electron chi connectivity index (χ4n) is 1.96. The summed E-state index contributed by atoms with van der Waals surface area (Å²) in [7, 11) is 1.09. The van der Waals surface area contributed by atoms with Gasteiger partial charge >= 0.3 is 5.97 Å². The Kier molecular flexibility index (Phi) is 4.59. The SMILES string of the molecule is COC(=O)c1c(C)oc(NC(=O)c2ccc(F)c(F)c2F)c1C#N. The van der Waals surface area contributed by atoms with Crippen LogP contribution in [-0.2, 0) is 4.74 Å². The minimum atomic E-state index is -1.81. The predicted molar refractivity (Wildman–Crippen MR) is 73.8 cm³/mol. The van der Waals surface area contributed by atoms with Gasteiger partial charge in [-0.3, -0.25) is 10.1 Å². The van der Waals surface area contributed by atoms with Crippen molar-refractivity contribution in [1.29, 1.82) is 5.26 Å². The zero-order valence-electron chi connectivity index (χ0n) is 12.4. The average molecular weight is 338 g/mol. The zero-order valence-corrected chi connectivity index (χ0v) is 12.4. The summed E-state index contributed by atoms with van der Waals surface area (Å²) in [5, 5.41) is 11.2. The van der Waals surface area contributed by atoms with E-state index < -0.39 is 40.8 Å². The van der Waals surface area contributed by atoms with E-state index in [9.17, 15) is 22.8 Å². The highest BCUT2D eigenvalue weighted by Gasteiger charge is 2.27. The average Bonchev–Trinajstić information content (AvgIpc) is 2.86. The highest BCUT2D eigenvalue weighted by atomic mass is 19.2. The number of nitrogens with zero attached hydrogens (tertiary/aromatic N) is 1. The lowest BCUT2D eigenvalue weighted by atomic mass is 10.1. The van der Waals surface area contributed by atoms with E-state index in [1.165, 1.54) is 6.92 Å². The third kappa shape index (κ3) is 2.81. The molecule has 124 valence electrons. The quantitative estimate of drug-likeness (QED) is 0.686. The highest BCUT2D eigenvalue weighted by Crippen LogP contribution is 2.28. The van der Waals surface area contributed by atoms with Gasteiger partial charge < -0.3 is 9.15 Å². The predicted octanol–water partition coefficient (Wildman–Crippen LogP) is 2.92. The van der Waals surface area contributed by atoms with Gasteiger partial charge in [-0.05, 0) is 19.1 Å². The molecule has 0 fully saturated rings. The number of anilines is 1. The molecular weight excluding hydrogens is 329 g/mol. The lowest BCUT2D eigenvalue weighted by molar-refractivity contribution is 0.0598. The normalized spacial score (nSPS) is 10.2. The zero-order chi connectivity index (χ0) is 18.0. The molecule has 0 atom stereocenters. The topological polar surface area (TPSA) is 92.3 Å². The van der Waals surface area contributed by atoms with Gasteiger partial charge in [-0.1, -0.05) is 0 Å². The Labute approximate surface area is 133 Å². The van der Waals surface area contributed by atoms with Crippen molar-refractivity contribution in [3.8, 4) is 6.07 Å². The molecular formula is C15H9F3N2O4. The second-order valence-electron chi connectivity index (χ2n) is 4.52. The van der Waals surface area contributed by atoms with E-state index in [0.717, 1.165) is 13.2 Å². The minimum Gasteiger partial charge on any atom is -0.465 e. The molecule has 1 N–H and O–H groups in total. The number of hydrogen-bond acceptors (Lipinski definition) is 5. The molecule has 0 saturated heterocycles. The molecule has 9 heteroatoms. The summed E-state index contributed by atoms with van der Waals surface area (Å²) < 4.78 is 49.3. The maximum atomic E-state index is 13.6. The van der Waals surface area contributed by atoms with Gasteiger partial charge in [0.15, 0.2) is 17.5 Å². The maximum absolute atomic E-state index is 13.6. The molecule has 1 aromatic heterocycles. The van der Waals surface area contributed by atoms with Gasteiger partial charge in [0.05, 0.1) is 12.7 Å². The lowest BCUT2D eigenvalue weighted by Gasteiger charge is -2.05. The summed E-state index contributed by atoms with van der Waals surface area (Å²) in [6, 6.07) is 2.96. The van der Waals surface area contributed by atoms with Crippen LogP contribution >= 0.6 is 0 Å². The van der Waals surface area contributed by atoms with Gasteiger partial charge in [0.2, 0.25) is 5.88 Å². The van der Waals surface area contributed by atoms with Crippen LogP contribution in [0, 0.1) is 35.7 Å². The van der Waals surface area contributed by atoms with Crippen molar-refractivity contribution in [3.63, 3.8) is 0 Å². The first kappa shape index (κ1) is 17.1. The Morgan fingerprint density at radius 2 is 1.92 bits per heavy atom. The Hall–Kier alpha value is -3.28. The van der Waals surface area contributed by atoms with E-state index >= 15 is 0 Å². The molecule has 1 heterocycles. The molecule has 0 aliphatic rings. The number of furan rings is 1. The first-order valence-corrected chi connectivity index (χ1v) is 6.38. The number of nitrogens with one attached hydrogen (secondary N) is 1. The Morgan fingerprint density at radius 3 is 2.50 bits per heavy atom. The van der Waals surface area contributed by atoms with Gasteiger partial charge in [-0.25, -0.2) is 18.0 Å². The van der Waals surface area contributed by atoms with Crippen LogP contribution in [0.5, 0.6) is 0 Å². The van der Waals surface area contributed by atoms with E-state index in [1.54, 1.807) is 6.07 Å². The molecule has 0 aliphatic carbocycles. The molecule has 24 heavy (non-hydrogen) atoms. The standard InChI is InChI=1S/C15H9F3N2O4/c1-6-10(15(22)23-2)8(5-19)14(24-6)20-13(21)7-3-4-9(16)12(18)11(7)17/h3-4H,1-2H3,(H,20,21). The van der Waals surface area contributed by atoms with E-state index in [2.05, 4.69) is 4.74 Å². The van der Waals surface area contributed by atoms with Crippen LogP contribution in [-0.4, -0.2) is 19.0 Å². The number of carbonyl (C=O) groups is 2. The second kappa shape index (κ2) is 6.45. The summed E-state index contributed by atoms with van der Waals surface area (Å²) in [4.78, 5) is 23.6. The fraction of sp³-hybridized carbons (Fsp3) is 0.133. The van der Waals surface area contributed by atoms with Crippen LogP contribution in [0.4, 0.5) is 19.1 Å². The number of ether oxygens (including phenoxy) is 1. The van der Waals surface area contributed by atoms with Crippen molar-refractivity contribution in [2.45, 2.75) is 6.92 Å². The van der Waals surface area contributed by atoms with Gasteiger partial charge in [0.1, 0.15) is 23.0 Å². The number of carbonyl (C=O) groups excluding carboxylic acids is 2. The van der Waals surface area contributed by atoms with Crippen LogP contribution in [0.25, 0.3) is 0 Å². The van der Waals surface area contributed by atoms with Crippen LogP contribution in [0.1, 0.15) is 32.0 Å². The maximum Gasteiger partial charge on any atom is 0.342 e. The number of amides is 1. The van der Waals surface area contributed by atoms with Crippen molar-refractivity contribution >= 4 is 17.8 Å². The summed E-state index contributed by atoms with van der Waals surface area (Å²) in [6.45, 7) is 1.35. The van der Waals surface area contributed by atoms with Crippen LogP contribution in [0.2, 0.25) is 0 Å². The first-order chi connectivity index (χ1) is 11.3. The van der Waals surface area contributed by atoms with Crippen molar-refractivity contribution < 1.29 is 31.9 Å². The van der Waals surface area contributed by atoms with Gasteiger partial charge in [0, 0.05) is 0 Å². The third-order valence-electron chi connectivity index (χ3n) is 3.09. The van der Waals surface area contributed by atoms with Crippen molar-refractivity contribution in [3.05, 3.63) is 52.0 Å². The summed E-state index contributed by atoms with van der Waals surface area (Å²) in [5.74, 6) is -7.47. The smallest absolute Gasteiger partial charge is 0.342 e. The molecule has 6 nitrogen and oxygen atoms in total. The van der Waals surface area contributed by atoms with Crippen molar-refractivity contribution in [2.75, 3.05) is 12.4 Å². The van der Waals surface area contributed by atoms with E-state index in [-0.39, 0.29) is 16.9 Å². The number of hydrogen-bond donors (Lipinski definition) is 1. The van der Waals surface area contributed by atoms with Gasteiger partial charge in [-0.2, -0.15) is 5.26 Å². The Balaban J connectivity index is 2.43. The largest absolute Gasteiger partial charge is 0.465 e. The second-order valence-corrected chi connectivity index (χ2v) is 4.52. The van der Waals surface area contributed by atoms with Crippen LogP contribution < -0.4 is 5.32 Å². The summed E-state index contributed by atoms with van der Waals surface area (Å²) in [5.41, 5.74) is -1.34. The molecule has 0 aliphatic heterocycles. The number of methoxy groups -OCH3 is 1. The molecule has 2 aromatic rings. The molecule has 1 aromatic carbocycles. The molecule has 1 amide bonds. The molecule has 0 bridgehead atoms. The number of benzene rings is 1.